The molecule has 0 aliphatic heterocycles. The molecule has 0 radical (unpaired) electrons. The largest absolute Gasteiger partial charge is 0.493 e. The summed E-state index contributed by atoms with van der Waals surface area (Å²) in [6.45, 7) is 6.51. The maximum absolute atomic E-state index is 10.8. The molecule has 0 aliphatic carbocycles. The van der Waals surface area contributed by atoms with E-state index in [0.717, 1.165) is 28.2 Å². The second kappa shape index (κ2) is 11.2. The second-order valence-corrected chi connectivity index (χ2v) is 7.91. The van der Waals surface area contributed by atoms with E-state index in [0.29, 0.717) is 30.9 Å². The Morgan fingerprint density at radius 3 is 2.44 bits per heavy atom. The maximum atomic E-state index is 10.8. The first-order valence-corrected chi connectivity index (χ1v) is 10.8. The molecule has 0 bridgehead atoms. The summed E-state index contributed by atoms with van der Waals surface area (Å²) in [6, 6.07) is 21.3. The van der Waals surface area contributed by atoms with Crippen LogP contribution in [0, 0.1) is 13.8 Å². The first-order chi connectivity index (χ1) is 15.4. The lowest BCUT2D eigenvalue weighted by Crippen LogP contribution is -2.16. The number of carboxylic acid groups (broad SMARTS) is 1. The van der Waals surface area contributed by atoms with Gasteiger partial charge >= 0.3 is 5.97 Å². The van der Waals surface area contributed by atoms with Gasteiger partial charge in [0.15, 0.2) is 11.5 Å². The molecule has 3 aromatic rings. The third kappa shape index (κ3) is 7.05. The summed E-state index contributed by atoms with van der Waals surface area (Å²) in [5.74, 6) is 2.14. The molecule has 3 aromatic carbocycles. The molecule has 168 valence electrons. The Morgan fingerprint density at radius 1 is 0.938 bits per heavy atom. The molecule has 0 amide bonds. The summed E-state index contributed by atoms with van der Waals surface area (Å²) in [7, 11) is 0. The topological polar surface area (TPSA) is 65.0 Å². The van der Waals surface area contributed by atoms with Crippen LogP contribution in [0.1, 0.15) is 36.5 Å². The molecule has 0 aromatic heterocycles. The molecular formula is C27H30O5. The fraction of sp³-hybridized carbons (Fsp3) is 0.296. The predicted octanol–water partition coefficient (Wildman–Crippen LogP) is 6.35. The van der Waals surface area contributed by atoms with Gasteiger partial charge in [-0.3, -0.25) is 4.79 Å². The monoisotopic (exact) mass is 434 g/mol. The van der Waals surface area contributed by atoms with E-state index < -0.39 is 5.97 Å². The number of hydrogen-bond acceptors (Lipinski definition) is 4. The molecule has 0 heterocycles. The Labute approximate surface area is 189 Å². The number of ether oxygens (including phenoxy) is 3. The van der Waals surface area contributed by atoms with Crippen molar-refractivity contribution in [2.24, 2.45) is 0 Å². The number of rotatable bonds is 11. The lowest BCUT2D eigenvalue weighted by molar-refractivity contribution is -0.136. The zero-order chi connectivity index (χ0) is 22.9. The van der Waals surface area contributed by atoms with Crippen LogP contribution in [0.25, 0.3) is 0 Å². The molecule has 0 saturated heterocycles. The zero-order valence-electron chi connectivity index (χ0n) is 18.8. The van der Waals surface area contributed by atoms with E-state index in [1.807, 2.05) is 87.5 Å². The summed E-state index contributed by atoms with van der Waals surface area (Å²) in [5, 5.41) is 8.85. The van der Waals surface area contributed by atoms with E-state index >= 15 is 0 Å². The third-order valence-corrected chi connectivity index (χ3v) is 5.11. The smallest absolute Gasteiger partial charge is 0.303 e. The highest BCUT2D eigenvalue weighted by Crippen LogP contribution is 2.33. The van der Waals surface area contributed by atoms with Crippen LogP contribution in [-0.4, -0.2) is 23.8 Å². The van der Waals surface area contributed by atoms with Gasteiger partial charge < -0.3 is 19.3 Å². The average molecular weight is 435 g/mol. The van der Waals surface area contributed by atoms with Gasteiger partial charge in [0.05, 0.1) is 12.7 Å². The summed E-state index contributed by atoms with van der Waals surface area (Å²) >= 11 is 0. The molecule has 0 spiro atoms. The number of carbonyl (C=O) groups is 1. The van der Waals surface area contributed by atoms with E-state index in [2.05, 4.69) is 0 Å². The molecule has 32 heavy (non-hydrogen) atoms. The molecule has 5 heteroatoms. The van der Waals surface area contributed by atoms with Gasteiger partial charge in [-0.1, -0.05) is 30.3 Å². The van der Waals surface area contributed by atoms with E-state index in [1.54, 1.807) is 0 Å². The number of benzene rings is 3. The third-order valence-electron chi connectivity index (χ3n) is 5.11. The summed E-state index contributed by atoms with van der Waals surface area (Å²) in [4.78, 5) is 10.8. The lowest BCUT2D eigenvalue weighted by atomic mass is 10.0. The summed E-state index contributed by atoms with van der Waals surface area (Å²) in [5.41, 5.74) is 3.17. The fourth-order valence-corrected chi connectivity index (χ4v) is 3.31. The Hall–Kier alpha value is -3.47. The van der Waals surface area contributed by atoms with Gasteiger partial charge in [-0.05, 0) is 80.3 Å². The number of hydrogen-bond donors (Lipinski definition) is 1. The Morgan fingerprint density at radius 2 is 1.72 bits per heavy atom. The van der Waals surface area contributed by atoms with Crippen LogP contribution < -0.4 is 14.2 Å². The molecule has 0 unspecified atom stereocenters. The second-order valence-electron chi connectivity index (χ2n) is 7.91. The fourth-order valence-electron chi connectivity index (χ4n) is 3.31. The van der Waals surface area contributed by atoms with Crippen LogP contribution in [0.3, 0.4) is 0 Å². The Bertz CT molecular complexity index is 1030. The number of aryl methyl sites for hydroxylation is 3. The highest BCUT2D eigenvalue weighted by atomic mass is 16.5. The number of carboxylic acids is 1. The van der Waals surface area contributed by atoms with Crippen molar-refractivity contribution in [1.82, 2.24) is 0 Å². The van der Waals surface area contributed by atoms with Crippen LogP contribution >= 0.6 is 0 Å². The lowest BCUT2D eigenvalue weighted by Gasteiger charge is -2.18. The maximum Gasteiger partial charge on any atom is 0.303 e. The molecule has 3 rings (SSSR count). The van der Waals surface area contributed by atoms with Crippen LogP contribution in [0.2, 0.25) is 0 Å². The van der Waals surface area contributed by atoms with Gasteiger partial charge in [0, 0.05) is 12.8 Å². The normalized spacial score (nSPS) is 11.6. The number of para-hydroxylation sites is 1. The first kappa shape index (κ1) is 23.2. The minimum absolute atomic E-state index is 0.0632. The van der Waals surface area contributed by atoms with Crippen LogP contribution in [0.4, 0.5) is 0 Å². The van der Waals surface area contributed by atoms with Crippen molar-refractivity contribution in [3.63, 3.8) is 0 Å². The summed E-state index contributed by atoms with van der Waals surface area (Å²) in [6.07, 6.45) is 1.30. The van der Waals surface area contributed by atoms with Gasteiger partial charge in [-0.25, -0.2) is 0 Å². The minimum atomic E-state index is -0.787. The van der Waals surface area contributed by atoms with Crippen molar-refractivity contribution in [3.05, 3.63) is 83.4 Å². The quantitative estimate of drug-likeness (QED) is 0.381. The van der Waals surface area contributed by atoms with Crippen LogP contribution in [0.5, 0.6) is 23.0 Å². The summed E-state index contributed by atoms with van der Waals surface area (Å²) < 4.78 is 18.1. The van der Waals surface area contributed by atoms with Crippen molar-refractivity contribution < 1.29 is 24.1 Å². The van der Waals surface area contributed by atoms with Crippen molar-refractivity contribution in [2.75, 3.05) is 6.61 Å². The first-order valence-electron chi connectivity index (χ1n) is 10.8. The molecule has 0 fully saturated rings. The molecule has 1 atom stereocenters. The average Bonchev–Trinajstić information content (AvgIpc) is 2.76. The van der Waals surface area contributed by atoms with Crippen molar-refractivity contribution in [2.45, 2.75) is 46.1 Å². The standard InChI is InChI=1S/C27H30O5/c1-19-9-13-25(26(17-19)32-23-7-5-4-6-8-23)31-21(3)15-16-30-24-12-10-22(20(2)18-24)11-14-27(28)29/h4-10,12-13,17-18,21H,11,14-16H2,1-3H3,(H,28,29)/t21-/m1/s1. The van der Waals surface area contributed by atoms with Gasteiger partial charge in [-0.15, -0.1) is 0 Å². The van der Waals surface area contributed by atoms with Crippen molar-refractivity contribution in [3.8, 4) is 23.0 Å². The van der Waals surface area contributed by atoms with Crippen molar-refractivity contribution in [1.29, 1.82) is 0 Å². The highest BCUT2D eigenvalue weighted by Gasteiger charge is 2.12. The van der Waals surface area contributed by atoms with E-state index in [9.17, 15) is 4.79 Å². The van der Waals surface area contributed by atoms with E-state index in [-0.39, 0.29) is 12.5 Å². The Kier molecular flexibility index (Phi) is 8.14. The van der Waals surface area contributed by atoms with Gasteiger partial charge in [-0.2, -0.15) is 0 Å². The Balaban J connectivity index is 1.53. The molecule has 0 aliphatic rings. The molecular weight excluding hydrogens is 404 g/mol. The van der Waals surface area contributed by atoms with E-state index in [4.69, 9.17) is 19.3 Å². The number of aliphatic carboxylic acids is 1. The van der Waals surface area contributed by atoms with E-state index in [1.165, 1.54) is 0 Å². The SMILES string of the molecule is Cc1ccc(O[C@H](C)CCOc2ccc(CCC(=O)O)c(C)c2)c(Oc2ccccc2)c1. The molecule has 0 saturated carbocycles. The van der Waals surface area contributed by atoms with Crippen LogP contribution in [-0.2, 0) is 11.2 Å². The van der Waals surface area contributed by atoms with Crippen molar-refractivity contribution >= 4 is 5.97 Å². The molecule has 5 nitrogen and oxygen atoms in total. The van der Waals surface area contributed by atoms with Gasteiger partial charge in [0.2, 0.25) is 0 Å². The predicted molar refractivity (Wildman–Crippen MR) is 125 cm³/mol. The molecule has 1 N–H and O–H groups in total. The zero-order valence-corrected chi connectivity index (χ0v) is 18.8. The highest BCUT2D eigenvalue weighted by molar-refractivity contribution is 5.67. The van der Waals surface area contributed by atoms with Gasteiger partial charge in [0.1, 0.15) is 11.5 Å². The van der Waals surface area contributed by atoms with Gasteiger partial charge in [0.25, 0.3) is 0 Å². The minimum Gasteiger partial charge on any atom is -0.493 e. The van der Waals surface area contributed by atoms with Crippen LogP contribution in [0.15, 0.2) is 66.7 Å².